The Balaban J connectivity index is 2.37. The molecule has 0 aliphatic carbocycles. The van der Waals surface area contributed by atoms with Crippen LogP contribution >= 0.6 is 0 Å². The van der Waals surface area contributed by atoms with Gasteiger partial charge in [0.1, 0.15) is 0 Å². The molecular weight excluding hydrogens is 228 g/mol. The molecule has 3 N–H and O–H groups in total. The van der Waals surface area contributed by atoms with E-state index in [0.29, 0.717) is 5.89 Å². The Kier molecular flexibility index (Phi) is 4.58. The second kappa shape index (κ2) is 5.94. The molecule has 8 heteroatoms. The van der Waals surface area contributed by atoms with E-state index in [0.717, 1.165) is 0 Å². The van der Waals surface area contributed by atoms with E-state index < -0.39 is 11.9 Å². The zero-order chi connectivity index (χ0) is 12.8. The van der Waals surface area contributed by atoms with E-state index in [9.17, 15) is 9.59 Å². The van der Waals surface area contributed by atoms with Gasteiger partial charge in [0.25, 0.3) is 0 Å². The minimum atomic E-state index is -1.03. The molecule has 1 rings (SSSR count). The second-order valence-corrected chi connectivity index (χ2v) is 3.65. The number of anilines is 1. The van der Waals surface area contributed by atoms with E-state index in [1.165, 1.54) is 0 Å². The largest absolute Gasteiger partial charge is 0.480 e. The predicted molar refractivity (Wildman–Crippen MR) is 57.5 cm³/mol. The fourth-order valence-electron chi connectivity index (χ4n) is 0.965. The molecule has 0 saturated heterocycles. The molecule has 0 unspecified atom stereocenters. The third kappa shape index (κ3) is 4.60. The van der Waals surface area contributed by atoms with Crippen LogP contribution < -0.4 is 10.6 Å². The number of aliphatic carboxylic acids is 1. The fourth-order valence-corrected chi connectivity index (χ4v) is 0.965. The van der Waals surface area contributed by atoms with Crippen LogP contribution in [0.4, 0.5) is 6.01 Å². The SMILES string of the molecule is CC(C)c1nnc(NC(=O)CNCC(=O)O)o1. The van der Waals surface area contributed by atoms with Crippen LogP contribution in [0.15, 0.2) is 4.42 Å². The lowest BCUT2D eigenvalue weighted by atomic mass is 10.2. The number of aromatic nitrogens is 2. The molecule has 0 aliphatic rings. The number of rotatable bonds is 6. The summed E-state index contributed by atoms with van der Waals surface area (Å²) >= 11 is 0. The first-order valence-corrected chi connectivity index (χ1v) is 5.04. The molecule has 94 valence electrons. The second-order valence-electron chi connectivity index (χ2n) is 3.65. The molecular formula is C9H14N4O4. The highest BCUT2D eigenvalue weighted by molar-refractivity contribution is 5.90. The van der Waals surface area contributed by atoms with Crippen molar-refractivity contribution in [1.82, 2.24) is 15.5 Å². The molecule has 0 radical (unpaired) electrons. The van der Waals surface area contributed by atoms with Crippen molar-refractivity contribution in [3.63, 3.8) is 0 Å². The summed E-state index contributed by atoms with van der Waals surface area (Å²) in [4.78, 5) is 21.5. The summed E-state index contributed by atoms with van der Waals surface area (Å²) in [5, 5.41) is 20.5. The smallest absolute Gasteiger partial charge is 0.322 e. The summed E-state index contributed by atoms with van der Waals surface area (Å²) in [6.45, 7) is 3.35. The van der Waals surface area contributed by atoms with Crippen LogP contribution in [-0.4, -0.2) is 40.3 Å². The number of carboxylic acids is 1. The molecule has 0 atom stereocenters. The molecule has 0 spiro atoms. The van der Waals surface area contributed by atoms with E-state index in [2.05, 4.69) is 20.8 Å². The predicted octanol–water partition coefficient (Wildman–Crippen LogP) is -0.194. The van der Waals surface area contributed by atoms with E-state index in [-0.39, 0.29) is 25.0 Å². The van der Waals surface area contributed by atoms with Gasteiger partial charge in [-0.1, -0.05) is 18.9 Å². The van der Waals surface area contributed by atoms with Gasteiger partial charge in [-0.25, -0.2) is 0 Å². The van der Waals surface area contributed by atoms with Gasteiger partial charge in [0.2, 0.25) is 11.8 Å². The normalized spacial score (nSPS) is 10.5. The molecule has 1 aromatic rings. The third-order valence-corrected chi connectivity index (χ3v) is 1.74. The summed E-state index contributed by atoms with van der Waals surface area (Å²) in [6.07, 6.45) is 0. The maximum absolute atomic E-state index is 11.3. The van der Waals surface area contributed by atoms with Gasteiger partial charge in [-0.05, 0) is 0 Å². The van der Waals surface area contributed by atoms with Crippen molar-refractivity contribution in [1.29, 1.82) is 0 Å². The van der Waals surface area contributed by atoms with Gasteiger partial charge >= 0.3 is 12.0 Å². The van der Waals surface area contributed by atoms with Crippen molar-refractivity contribution >= 4 is 17.9 Å². The Morgan fingerprint density at radius 1 is 1.35 bits per heavy atom. The Hall–Kier alpha value is -1.96. The molecule has 8 nitrogen and oxygen atoms in total. The summed E-state index contributed by atoms with van der Waals surface area (Å²) in [5.41, 5.74) is 0. The molecule has 1 aromatic heterocycles. The lowest BCUT2D eigenvalue weighted by molar-refractivity contribution is -0.135. The van der Waals surface area contributed by atoms with Crippen molar-refractivity contribution in [3.8, 4) is 0 Å². The first-order chi connectivity index (χ1) is 7.99. The number of nitrogens with zero attached hydrogens (tertiary/aromatic N) is 2. The van der Waals surface area contributed by atoms with Gasteiger partial charge in [0, 0.05) is 5.92 Å². The van der Waals surface area contributed by atoms with Crippen LogP contribution in [0.1, 0.15) is 25.7 Å². The van der Waals surface area contributed by atoms with Crippen molar-refractivity contribution in [2.45, 2.75) is 19.8 Å². The maximum Gasteiger partial charge on any atom is 0.322 e. The molecule has 1 heterocycles. The molecule has 1 amide bonds. The summed E-state index contributed by atoms with van der Waals surface area (Å²) in [5.74, 6) is -0.958. The van der Waals surface area contributed by atoms with Gasteiger partial charge in [0.15, 0.2) is 0 Å². The number of nitrogens with one attached hydrogen (secondary N) is 2. The molecule has 0 aromatic carbocycles. The van der Waals surface area contributed by atoms with Gasteiger partial charge in [0.05, 0.1) is 13.1 Å². The lowest BCUT2D eigenvalue weighted by Gasteiger charge is -2.00. The van der Waals surface area contributed by atoms with Gasteiger partial charge in [-0.3, -0.25) is 20.2 Å². The van der Waals surface area contributed by atoms with Crippen molar-refractivity contribution in [3.05, 3.63) is 5.89 Å². The Morgan fingerprint density at radius 3 is 2.59 bits per heavy atom. The van der Waals surface area contributed by atoms with Crippen LogP contribution in [0.2, 0.25) is 0 Å². The third-order valence-electron chi connectivity index (χ3n) is 1.74. The molecule has 0 fully saturated rings. The van der Waals surface area contributed by atoms with Crippen molar-refractivity contribution in [2.24, 2.45) is 0 Å². The lowest BCUT2D eigenvalue weighted by Crippen LogP contribution is -2.31. The van der Waals surface area contributed by atoms with E-state index in [4.69, 9.17) is 9.52 Å². The first kappa shape index (κ1) is 13.1. The van der Waals surface area contributed by atoms with Gasteiger partial charge < -0.3 is 9.52 Å². The average molecular weight is 242 g/mol. The van der Waals surface area contributed by atoms with E-state index in [1.54, 1.807) is 0 Å². The zero-order valence-electron chi connectivity index (χ0n) is 9.56. The molecule has 0 aliphatic heterocycles. The fraction of sp³-hybridized carbons (Fsp3) is 0.556. The number of carbonyl (C=O) groups excluding carboxylic acids is 1. The highest BCUT2D eigenvalue weighted by Crippen LogP contribution is 2.14. The topological polar surface area (TPSA) is 117 Å². The van der Waals surface area contributed by atoms with Crippen LogP contribution in [-0.2, 0) is 9.59 Å². The highest BCUT2D eigenvalue weighted by Gasteiger charge is 2.11. The number of carboxylic acid groups (broad SMARTS) is 1. The first-order valence-electron chi connectivity index (χ1n) is 5.04. The zero-order valence-corrected chi connectivity index (χ0v) is 9.56. The van der Waals surface area contributed by atoms with E-state index in [1.807, 2.05) is 13.8 Å². The van der Waals surface area contributed by atoms with Gasteiger partial charge in [-0.15, -0.1) is 5.10 Å². The Bertz CT molecular complexity index is 401. The van der Waals surface area contributed by atoms with Crippen LogP contribution in [0.5, 0.6) is 0 Å². The molecule has 0 bridgehead atoms. The number of hydrogen-bond acceptors (Lipinski definition) is 6. The molecule has 17 heavy (non-hydrogen) atoms. The maximum atomic E-state index is 11.3. The summed E-state index contributed by atoms with van der Waals surface area (Å²) < 4.78 is 5.14. The van der Waals surface area contributed by atoms with Crippen LogP contribution in [0.3, 0.4) is 0 Å². The average Bonchev–Trinajstić information content (AvgIpc) is 2.65. The quantitative estimate of drug-likeness (QED) is 0.632. The van der Waals surface area contributed by atoms with Crippen LogP contribution in [0, 0.1) is 0 Å². The minimum Gasteiger partial charge on any atom is -0.480 e. The van der Waals surface area contributed by atoms with E-state index >= 15 is 0 Å². The van der Waals surface area contributed by atoms with Crippen molar-refractivity contribution in [2.75, 3.05) is 18.4 Å². The number of carbonyl (C=O) groups is 2. The van der Waals surface area contributed by atoms with Gasteiger partial charge in [-0.2, -0.15) is 0 Å². The monoisotopic (exact) mass is 242 g/mol. The number of hydrogen-bond donors (Lipinski definition) is 3. The summed E-state index contributed by atoms with van der Waals surface area (Å²) in [7, 11) is 0. The Morgan fingerprint density at radius 2 is 2.06 bits per heavy atom. The molecule has 0 saturated carbocycles. The minimum absolute atomic E-state index is 0.0100. The Labute approximate surface area is 97.4 Å². The standard InChI is InChI=1S/C9H14N4O4/c1-5(2)8-12-13-9(17-8)11-6(14)3-10-4-7(15)16/h5,10H,3-4H2,1-2H3,(H,15,16)(H,11,13,14). The van der Waals surface area contributed by atoms with Crippen molar-refractivity contribution < 1.29 is 19.1 Å². The number of amides is 1. The highest BCUT2D eigenvalue weighted by atomic mass is 16.4. The summed E-state index contributed by atoms with van der Waals surface area (Å²) in [6, 6.07) is 0.0100. The van der Waals surface area contributed by atoms with Crippen LogP contribution in [0.25, 0.3) is 0 Å².